The summed E-state index contributed by atoms with van der Waals surface area (Å²) in [6.07, 6.45) is 4.22. The van der Waals surface area contributed by atoms with Crippen LogP contribution in [0.3, 0.4) is 0 Å². The van der Waals surface area contributed by atoms with Gasteiger partial charge < -0.3 is 10.3 Å². The van der Waals surface area contributed by atoms with Gasteiger partial charge in [0.05, 0.1) is 10.7 Å². The molecule has 1 atom stereocenters. The van der Waals surface area contributed by atoms with Gasteiger partial charge in [0.15, 0.2) is 0 Å². The SMILES string of the molecule is Cl.Clc1c[nH]c(-c2cc([C@H]3CCCNC3)[nH]n2)c1. The highest BCUT2D eigenvalue weighted by molar-refractivity contribution is 6.30. The number of halogens is 2. The molecule has 0 unspecified atom stereocenters. The number of nitrogens with zero attached hydrogens (tertiary/aromatic N) is 1. The van der Waals surface area contributed by atoms with E-state index in [-0.39, 0.29) is 12.4 Å². The minimum Gasteiger partial charge on any atom is -0.358 e. The molecule has 4 nitrogen and oxygen atoms in total. The second-order valence-corrected chi connectivity index (χ2v) is 4.92. The zero-order valence-electron chi connectivity index (χ0n) is 9.87. The molecule has 0 saturated carbocycles. The molecule has 1 aliphatic rings. The zero-order chi connectivity index (χ0) is 11.7. The van der Waals surface area contributed by atoms with Crippen LogP contribution < -0.4 is 5.32 Å². The molecule has 0 aliphatic carbocycles. The van der Waals surface area contributed by atoms with Gasteiger partial charge in [0.1, 0.15) is 5.69 Å². The molecule has 0 aromatic carbocycles. The molecule has 3 N–H and O–H groups in total. The van der Waals surface area contributed by atoms with Crippen LogP contribution in [0, 0.1) is 0 Å². The Morgan fingerprint density at radius 1 is 1.33 bits per heavy atom. The van der Waals surface area contributed by atoms with Gasteiger partial charge in [-0.2, -0.15) is 5.10 Å². The monoisotopic (exact) mass is 286 g/mol. The van der Waals surface area contributed by atoms with Crippen LogP contribution in [0.15, 0.2) is 18.3 Å². The summed E-state index contributed by atoms with van der Waals surface area (Å²) in [4.78, 5) is 3.11. The topological polar surface area (TPSA) is 56.5 Å². The lowest BCUT2D eigenvalue weighted by molar-refractivity contribution is 0.454. The predicted molar refractivity (Wildman–Crippen MR) is 75.5 cm³/mol. The lowest BCUT2D eigenvalue weighted by Gasteiger charge is -2.21. The predicted octanol–water partition coefficient (Wildman–Crippen LogP) is 2.95. The highest BCUT2D eigenvalue weighted by atomic mass is 35.5. The maximum atomic E-state index is 5.89. The summed E-state index contributed by atoms with van der Waals surface area (Å²) in [5.74, 6) is 0.551. The van der Waals surface area contributed by atoms with Gasteiger partial charge in [0, 0.05) is 24.4 Å². The summed E-state index contributed by atoms with van der Waals surface area (Å²) in [5.41, 5.74) is 3.09. The number of hydrogen-bond donors (Lipinski definition) is 3. The van der Waals surface area contributed by atoms with Gasteiger partial charge in [0.25, 0.3) is 0 Å². The van der Waals surface area contributed by atoms with E-state index < -0.39 is 0 Å². The number of hydrogen-bond acceptors (Lipinski definition) is 2. The molecule has 1 fully saturated rings. The summed E-state index contributed by atoms with van der Waals surface area (Å²) in [5, 5.41) is 11.6. The molecule has 0 spiro atoms. The Morgan fingerprint density at radius 2 is 2.22 bits per heavy atom. The van der Waals surface area contributed by atoms with Crippen LogP contribution in [0.5, 0.6) is 0 Å². The molecule has 6 heteroatoms. The quantitative estimate of drug-likeness (QED) is 0.795. The lowest BCUT2D eigenvalue weighted by Crippen LogP contribution is -2.28. The third-order valence-electron chi connectivity index (χ3n) is 3.26. The third-order valence-corrected chi connectivity index (χ3v) is 3.48. The number of aromatic nitrogens is 3. The molecule has 3 heterocycles. The Bertz CT molecular complexity index is 500. The summed E-state index contributed by atoms with van der Waals surface area (Å²) < 4.78 is 0. The van der Waals surface area contributed by atoms with E-state index in [2.05, 4.69) is 26.6 Å². The number of piperidine rings is 1. The van der Waals surface area contributed by atoms with Crippen molar-refractivity contribution in [2.45, 2.75) is 18.8 Å². The van der Waals surface area contributed by atoms with Crippen LogP contribution in [-0.2, 0) is 0 Å². The van der Waals surface area contributed by atoms with E-state index in [1.807, 2.05) is 6.07 Å². The van der Waals surface area contributed by atoms with Crippen LogP contribution in [-0.4, -0.2) is 28.3 Å². The van der Waals surface area contributed by atoms with E-state index in [1.165, 1.54) is 18.5 Å². The van der Waals surface area contributed by atoms with Crippen molar-refractivity contribution in [2.24, 2.45) is 0 Å². The summed E-state index contributed by atoms with van der Waals surface area (Å²) >= 11 is 5.89. The second kappa shape index (κ2) is 5.78. The van der Waals surface area contributed by atoms with Crippen LogP contribution in [0.1, 0.15) is 24.5 Å². The summed E-state index contributed by atoms with van der Waals surface area (Å²) in [7, 11) is 0. The average Bonchev–Trinajstić information content (AvgIpc) is 2.98. The van der Waals surface area contributed by atoms with Crippen molar-refractivity contribution in [2.75, 3.05) is 13.1 Å². The van der Waals surface area contributed by atoms with Gasteiger partial charge in [-0.15, -0.1) is 12.4 Å². The molecule has 2 aromatic rings. The molecule has 0 radical (unpaired) electrons. The molecule has 0 bridgehead atoms. The van der Waals surface area contributed by atoms with Crippen molar-refractivity contribution in [3.63, 3.8) is 0 Å². The Balaban J connectivity index is 0.00000120. The van der Waals surface area contributed by atoms with E-state index in [0.29, 0.717) is 10.9 Å². The van der Waals surface area contributed by atoms with Crippen LogP contribution in [0.2, 0.25) is 5.02 Å². The van der Waals surface area contributed by atoms with Crippen molar-refractivity contribution in [3.8, 4) is 11.4 Å². The average molecular weight is 287 g/mol. The van der Waals surface area contributed by atoms with Crippen molar-refractivity contribution in [3.05, 3.63) is 29.0 Å². The van der Waals surface area contributed by atoms with Gasteiger partial charge in [-0.25, -0.2) is 0 Å². The van der Waals surface area contributed by atoms with E-state index in [4.69, 9.17) is 11.6 Å². The molecule has 98 valence electrons. The van der Waals surface area contributed by atoms with Crippen LogP contribution in [0.25, 0.3) is 11.4 Å². The van der Waals surface area contributed by atoms with Crippen molar-refractivity contribution >= 4 is 24.0 Å². The minimum atomic E-state index is 0. The van der Waals surface area contributed by atoms with E-state index in [0.717, 1.165) is 24.5 Å². The Morgan fingerprint density at radius 3 is 2.89 bits per heavy atom. The number of rotatable bonds is 2. The largest absolute Gasteiger partial charge is 0.358 e. The third kappa shape index (κ3) is 2.71. The summed E-state index contributed by atoms with van der Waals surface area (Å²) in [6.45, 7) is 2.16. The minimum absolute atomic E-state index is 0. The molecule has 3 rings (SSSR count). The second-order valence-electron chi connectivity index (χ2n) is 4.48. The first-order chi connectivity index (χ1) is 8.33. The maximum Gasteiger partial charge on any atom is 0.109 e. The summed E-state index contributed by atoms with van der Waals surface area (Å²) in [6, 6.07) is 4.00. The van der Waals surface area contributed by atoms with Crippen molar-refractivity contribution in [1.82, 2.24) is 20.5 Å². The molecule has 18 heavy (non-hydrogen) atoms. The van der Waals surface area contributed by atoms with Crippen molar-refractivity contribution in [1.29, 1.82) is 0 Å². The fourth-order valence-electron chi connectivity index (χ4n) is 2.32. The van der Waals surface area contributed by atoms with E-state index in [9.17, 15) is 0 Å². The van der Waals surface area contributed by atoms with Gasteiger partial charge in [-0.1, -0.05) is 11.6 Å². The van der Waals surface area contributed by atoms with Crippen molar-refractivity contribution < 1.29 is 0 Å². The number of nitrogens with one attached hydrogen (secondary N) is 3. The molecule has 1 aliphatic heterocycles. The number of H-pyrrole nitrogens is 2. The smallest absolute Gasteiger partial charge is 0.109 e. The standard InChI is InChI=1S/C12H15ClN4.ClH/c13-9-4-11(15-7-9)12-5-10(16-17-12)8-2-1-3-14-6-8;/h4-5,7-8,14-15H,1-3,6H2,(H,16,17);1H/t8-;/m0./s1. The molecular weight excluding hydrogens is 271 g/mol. The normalized spacial score (nSPS) is 19.5. The van der Waals surface area contributed by atoms with E-state index >= 15 is 0 Å². The molecule has 0 amide bonds. The first kappa shape index (κ1) is 13.5. The van der Waals surface area contributed by atoms with Gasteiger partial charge in [0.2, 0.25) is 0 Å². The Labute approximate surface area is 117 Å². The van der Waals surface area contributed by atoms with Gasteiger partial charge in [-0.3, -0.25) is 5.10 Å². The zero-order valence-corrected chi connectivity index (χ0v) is 11.4. The maximum absolute atomic E-state index is 5.89. The van der Waals surface area contributed by atoms with Crippen LogP contribution in [0.4, 0.5) is 0 Å². The first-order valence-electron chi connectivity index (χ1n) is 5.93. The molecule has 2 aromatic heterocycles. The fraction of sp³-hybridized carbons (Fsp3) is 0.417. The fourth-order valence-corrected chi connectivity index (χ4v) is 2.48. The lowest BCUT2D eigenvalue weighted by atomic mass is 9.96. The highest BCUT2D eigenvalue weighted by Gasteiger charge is 2.17. The van der Waals surface area contributed by atoms with Gasteiger partial charge in [-0.05, 0) is 31.5 Å². The molecule has 1 saturated heterocycles. The van der Waals surface area contributed by atoms with Gasteiger partial charge >= 0.3 is 0 Å². The Hall–Kier alpha value is -0.970. The Kier molecular flexibility index (Phi) is 4.32. The van der Waals surface area contributed by atoms with Crippen LogP contribution >= 0.6 is 24.0 Å². The van der Waals surface area contributed by atoms with E-state index in [1.54, 1.807) is 6.20 Å². The number of aromatic amines is 2. The first-order valence-corrected chi connectivity index (χ1v) is 6.31. The molecular formula is C12H16Cl2N4. The highest BCUT2D eigenvalue weighted by Crippen LogP contribution is 2.26.